The molecule has 1 saturated heterocycles. The average Bonchev–Trinajstić information content (AvgIpc) is 2.60. The quantitative estimate of drug-likeness (QED) is 0.648. The van der Waals surface area contributed by atoms with Crippen molar-refractivity contribution in [2.75, 3.05) is 31.5 Å². The number of benzene rings is 1. The van der Waals surface area contributed by atoms with E-state index in [1.807, 2.05) is 19.1 Å². The summed E-state index contributed by atoms with van der Waals surface area (Å²) in [5.41, 5.74) is 7.14. The number of anilines is 1. The minimum Gasteiger partial charge on any atom is -0.369 e. The molecule has 0 spiro atoms. The number of nitrogens with one attached hydrogen (secondary N) is 2. The minimum absolute atomic E-state index is 0.0206. The highest BCUT2D eigenvalue weighted by atomic mass is 35.5. The lowest BCUT2D eigenvalue weighted by molar-refractivity contribution is -0.123. The summed E-state index contributed by atoms with van der Waals surface area (Å²) in [4.78, 5) is 25.5. The van der Waals surface area contributed by atoms with Crippen LogP contribution in [0.25, 0.3) is 0 Å². The molecule has 6 nitrogen and oxygen atoms in total. The number of amides is 3. The van der Waals surface area contributed by atoms with Gasteiger partial charge >= 0.3 is 6.03 Å². The van der Waals surface area contributed by atoms with Crippen LogP contribution in [0.15, 0.2) is 18.2 Å². The zero-order chi connectivity index (χ0) is 18.2. The third-order valence-electron chi connectivity index (χ3n) is 4.62. The van der Waals surface area contributed by atoms with Crippen LogP contribution in [-0.2, 0) is 11.2 Å². The van der Waals surface area contributed by atoms with Gasteiger partial charge in [-0.25, -0.2) is 4.79 Å². The van der Waals surface area contributed by atoms with Crippen molar-refractivity contribution in [2.45, 2.75) is 32.6 Å². The van der Waals surface area contributed by atoms with Crippen molar-refractivity contribution in [3.05, 3.63) is 28.8 Å². The lowest BCUT2D eigenvalue weighted by Gasteiger charge is -2.30. The van der Waals surface area contributed by atoms with Gasteiger partial charge in [-0.15, -0.1) is 0 Å². The molecule has 7 heteroatoms. The SMILES string of the molecule is CCc1cc(Cl)ccc1NC(=O)NCCCN1CCC(C(N)=O)CC1. The lowest BCUT2D eigenvalue weighted by Crippen LogP contribution is -2.40. The van der Waals surface area contributed by atoms with E-state index >= 15 is 0 Å². The molecule has 1 aliphatic rings. The Labute approximate surface area is 154 Å². The molecule has 1 fully saturated rings. The Morgan fingerprint density at radius 1 is 1.32 bits per heavy atom. The van der Waals surface area contributed by atoms with Crippen LogP contribution < -0.4 is 16.4 Å². The summed E-state index contributed by atoms with van der Waals surface area (Å²) in [7, 11) is 0. The maximum Gasteiger partial charge on any atom is 0.319 e. The second-order valence-corrected chi connectivity index (χ2v) is 6.84. The van der Waals surface area contributed by atoms with Gasteiger partial charge in [0.25, 0.3) is 0 Å². The molecule has 2 rings (SSSR count). The van der Waals surface area contributed by atoms with Crippen molar-refractivity contribution in [1.29, 1.82) is 0 Å². The summed E-state index contributed by atoms with van der Waals surface area (Å²) in [6.45, 7) is 5.33. The van der Waals surface area contributed by atoms with Crippen LogP contribution in [0.5, 0.6) is 0 Å². The Kier molecular flexibility index (Phi) is 7.52. The van der Waals surface area contributed by atoms with Gasteiger partial charge in [0.2, 0.25) is 5.91 Å². The molecular formula is C18H27ClN4O2. The molecule has 0 bridgehead atoms. The molecular weight excluding hydrogens is 340 g/mol. The Balaban J connectivity index is 1.65. The fourth-order valence-corrected chi connectivity index (χ4v) is 3.28. The van der Waals surface area contributed by atoms with Crippen molar-refractivity contribution in [3.63, 3.8) is 0 Å². The van der Waals surface area contributed by atoms with E-state index in [4.69, 9.17) is 17.3 Å². The number of primary amides is 1. The molecule has 0 atom stereocenters. The molecule has 0 unspecified atom stereocenters. The zero-order valence-electron chi connectivity index (χ0n) is 14.7. The standard InChI is InChI=1S/C18H27ClN4O2/c1-2-13-12-15(19)4-5-16(13)22-18(25)21-8-3-9-23-10-6-14(7-11-23)17(20)24/h4-5,12,14H,2-3,6-11H2,1H3,(H2,20,24)(H2,21,22,25). The monoisotopic (exact) mass is 366 g/mol. The first-order chi connectivity index (χ1) is 12.0. The summed E-state index contributed by atoms with van der Waals surface area (Å²) in [5.74, 6) is -0.168. The number of likely N-dealkylation sites (tertiary alicyclic amines) is 1. The van der Waals surface area contributed by atoms with E-state index in [0.717, 1.165) is 56.6 Å². The number of carbonyl (C=O) groups excluding carboxylic acids is 2. The fourth-order valence-electron chi connectivity index (χ4n) is 3.09. The molecule has 0 radical (unpaired) electrons. The second kappa shape index (κ2) is 9.63. The highest BCUT2D eigenvalue weighted by Crippen LogP contribution is 2.21. The Morgan fingerprint density at radius 2 is 2.04 bits per heavy atom. The molecule has 25 heavy (non-hydrogen) atoms. The molecule has 4 N–H and O–H groups in total. The maximum absolute atomic E-state index is 12.0. The van der Waals surface area contributed by atoms with E-state index in [0.29, 0.717) is 11.6 Å². The van der Waals surface area contributed by atoms with Gasteiger partial charge in [-0.2, -0.15) is 0 Å². The molecule has 0 aliphatic carbocycles. The topological polar surface area (TPSA) is 87.5 Å². The highest BCUT2D eigenvalue weighted by Gasteiger charge is 2.22. The second-order valence-electron chi connectivity index (χ2n) is 6.41. The van der Waals surface area contributed by atoms with Gasteiger partial charge in [0.05, 0.1) is 0 Å². The van der Waals surface area contributed by atoms with Crippen molar-refractivity contribution in [2.24, 2.45) is 11.7 Å². The Hall–Kier alpha value is -1.79. The number of aryl methyl sites for hydroxylation is 1. The normalized spacial score (nSPS) is 15.8. The largest absolute Gasteiger partial charge is 0.369 e. The number of nitrogens with two attached hydrogens (primary N) is 1. The van der Waals surface area contributed by atoms with E-state index in [2.05, 4.69) is 15.5 Å². The summed E-state index contributed by atoms with van der Waals surface area (Å²) >= 11 is 5.98. The van der Waals surface area contributed by atoms with E-state index < -0.39 is 0 Å². The van der Waals surface area contributed by atoms with Crippen LogP contribution in [0.1, 0.15) is 31.7 Å². The number of hydrogen-bond donors (Lipinski definition) is 3. The van der Waals surface area contributed by atoms with Gasteiger partial charge < -0.3 is 21.3 Å². The lowest BCUT2D eigenvalue weighted by atomic mass is 9.96. The van der Waals surface area contributed by atoms with E-state index in [-0.39, 0.29) is 17.9 Å². The molecule has 0 saturated carbocycles. The first-order valence-electron chi connectivity index (χ1n) is 8.84. The van der Waals surface area contributed by atoms with Crippen molar-refractivity contribution in [3.8, 4) is 0 Å². The number of nitrogens with zero attached hydrogens (tertiary/aromatic N) is 1. The smallest absolute Gasteiger partial charge is 0.319 e. The molecule has 1 aromatic rings. The van der Waals surface area contributed by atoms with Crippen molar-refractivity contribution in [1.82, 2.24) is 10.2 Å². The van der Waals surface area contributed by atoms with Crippen LogP contribution in [-0.4, -0.2) is 43.0 Å². The third kappa shape index (κ3) is 6.21. The van der Waals surface area contributed by atoms with Gasteiger partial charge in [-0.05, 0) is 69.1 Å². The first-order valence-corrected chi connectivity index (χ1v) is 9.22. The molecule has 0 aromatic heterocycles. The van der Waals surface area contributed by atoms with Crippen LogP contribution in [0.3, 0.4) is 0 Å². The summed E-state index contributed by atoms with van der Waals surface area (Å²) in [6, 6.07) is 5.26. The zero-order valence-corrected chi connectivity index (χ0v) is 15.4. The molecule has 3 amide bonds. The number of halogens is 1. The van der Waals surface area contributed by atoms with Gasteiger partial charge in [0.1, 0.15) is 0 Å². The first kappa shape index (κ1) is 19.5. The summed E-state index contributed by atoms with van der Waals surface area (Å²) < 4.78 is 0. The number of hydrogen-bond acceptors (Lipinski definition) is 3. The van der Waals surface area contributed by atoms with Gasteiger partial charge in [0, 0.05) is 23.2 Å². The van der Waals surface area contributed by atoms with Gasteiger partial charge in [-0.1, -0.05) is 18.5 Å². The van der Waals surface area contributed by atoms with E-state index in [1.54, 1.807) is 6.07 Å². The number of carbonyl (C=O) groups is 2. The van der Waals surface area contributed by atoms with E-state index in [9.17, 15) is 9.59 Å². The highest BCUT2D eigenvalue weighted by molar-refractivity contribution is 6.30. The predicted molar refractivity (Wildman–Crippen MR) is 101 cm³/mol. The number of urea groups is 1. The summed E-state index contributed by atoms with van der Waals surface area (Å²) in [5, 5.41) is 6.42. The minimum atomic E-state index is -0.204. The molecule has 1 aliphatic heterocycles. The molecule has 138 valence electrons. The van der Waals surface area contributed by atoms with Crippen molar-refractivity contribution >= 4 is 29.2 Å². The summed E-state index contributed by atoms with van der Waals surface area (Å²) in [6.07, 6.45) is 3.34. The van der Waals surface area contributed by atoms with Crippen LogP contribution in [0.2, 0.25) is 5.02 Å². The van der Waals surface area contributed by atoms with Gasteiger partial charge in [0.15, 0.2) is 0 Å². The van der Waals surface area contributed by atoms with Crippen molar-refractivity contribution < 1.29 is 9.59 Å². The Morgan fingerprint density at radius 3 is 2.68 bits per heavy atom. The molecule has 1 heterocycles. The average molecular weight is 367 g/mol. The maximum atomic E-state index is 12.0. The van der Waals surface area contributed by atoms with Crippen LogP contribution >= 0.6 is 11.6 Å². The fraction of sp³-hybridized carbons (Fsp3) is 0.556. The van der Waals surface area contributed by atoms with Crippen LogP contribution in [0.4, 0.5) is 10.5 Å². The third-order valence-corrected chi connectivity index (χ3v) is 4.86. The Bertz CT molecular complexity index is 601. The predicted octanol–water partition coefficient (Wildman–Crippen LogP) is 2.61. The molecule has 1 aromatic carbocycles. The number of piperidine rings is 1. The van der Waals surface area contributed by atoms with E-state index in [1.165, 1.54) is 0 Å². The number of rotatable bonds is 7. The van der Waals surface area contributed by atoms with Gasteiger partial charge in [-0.3, -0.25) is 4.79 Å². The van der Waals surface area contributed by atoms with Crippen LogP contribution in [0, 0.1) is 5.92 Å².